The summed E-state index contributed by atoms with van der Waals surface area (Å²) in [4.78, 5) is 44.7. The van der Waals surface area contributed by atoms with E-state index in [1.165, 1.54) is 17.0 Å². The molecule has 1 N–H and O–H groups in total. The van der Waals surface area contributed by atoms with Gasteiger partial charge in [-0.2, -0.15) is 0 Å². The van der Waals surface area contributed by atoms with Crippen molar-refractivity contribution >= 4 is 29.2 Å². The van der Waals surface area contributed by atoms with Gasteiger partial charge in [-0.1, -0.05) is 12.1 Å². The molecule has 1 aliphatic rings. The lowest BCUT2D eigenvalue weighted by Crippen LogP contribution is -2.50. The van der Waals surface area contributed by atoms with Crippen LogP contribution in [0.4, 0.5) is 9.18 Å². The van der Waals surface area contributed by atoms with E-state index in [0.29, 0.717) is 32.8 Å². The van der Waals surface area contributed by atoms with Gasteiger partial charge >= 0.3 is 12.0 Å². The minimum absolute atomic E-state index is 0.162. The van der Waals surface area contributed by atoms with Crippen molar-refractivity contribution < 1.29 is 28.2 Å². The highest BCUT2D eigenvalue weighted by molar-refractivity contribution is 7.10. The van der Waals surface area contributed by atoms with E-state index in [9.17, 15) is 18.8 Å². The van der Waals surface area contributed by atoms with Gasteiger partial charge in [-0.25, -0.2) is 9.18 Å². The lowest BCUT2D eigenvalue weighted by molar-refractivity contribution is -0.141. The Morgan fingerprint density at radius 2 is 1.84 bits per heavy atom. The molecule has 37 heavy (non-hydrogen) atoms. The average Bonchev–Trinajstić information content (AvgIpc) is 3.30. The molecular formula is C26H35FN4O5S. The topological polar surface area (TPSA) is 91.4 Å². The molecule has 0 radical (unpaired) electrons. The van der Waals surface area contributed by atoms with Crippen molar-refractivity contribution in [2.45, 2.75) is 26.9 Å². The van der Waals surface area contributed by atoms with Crippen molar-refractivity contribution in [3.05, 3.63) is 57.5 Å². The summed E-state index contributed by atoms with van der Waals surface area (Å²) in [6.07, 6.45) is 0. The molecule has 2 heterocycles. The third-order valence-corrected chi connectivity index (χ3v) is 7.04. The minimum Gasteiger partial charge on any atom is -0.465 e. The highest BCUT2D eigenvalue weighted by atomic mass is 32.1. The van der Waals surface area contributed by atoms with Gasteiger partial charge in [0.2, 0.25) is 5.91 Å². The van der Waals surface area contributed by atoms with E-state index in [0.717, 1.165) is 29.1 Å². The molecule has 11 heteroatoms. The van der Waals surface area contributed by atoms with E-state index in [1.807, 2.05) is 18.4 Å². The molecule has 3 amide bonds. The molecule has 0 spiro atoms. The van der Waals surface area contributed by atoms with Gasteiger partial charge in [0, 0.05) is 37.6 Å². The highest BCUT2D eigenvalue weighted by Gasteiger charge is 2.24. The summed E-state index contributed by atoms with van der Waals surface area (Å²) in [7, 11) is 0. The molecule has 0 atom stereocenters. The van der Waals surface area contributed by atoms with Gasteiger partial charge in [0.1, 0.15) is 18.9 Å². The van der Waals surface area contributed by atoms with Crippen molar-refractivity contribution in [2.75, 3.05) is 59.1 Å². The first kappa shape index (κ1) is 28.5. The number of rotatable bonds is 12. The SMILES string of the molecule is CCOC(=O)CNC(=O)N(CCN1CCOCC1)CC(=O)N(Cc1ccc(F)cc1)Cc1sccc1C. The lowest BCUT2D eigenvalue weighted by Gasteiger charge is -2.31. The van der Waals surface area contributed by atoms with Gasteiger partial charge in [0.05, 0.1) is 26.4 Å². The van der Waals surface area contributed by atoms with Crippen LogP contribution < -0.4 is 5.32 Å². The van der Waals surface area contributed by atoms with Crippen molar-refractivity contribution in [3.8, 4) is 0 Å². The quantitative estimate of drug-likeness (QED) is 0.421. The van der Waals surface area contributed by atoms with Crippen LogP contribution in [-0.2, 0) is 32.2 Å². The first-order valence-electron chi connectivity index (χ1n) is 12.4. The Morgan fingerprint density at radius 1 is 1.11 bits per heavy atom. The summed E-state index contributed by atoms with van der Waals surface area (Å²) in [5.74, 6) is -1.13. The second-order valence-corrected chi connectivity index (χ2v) is 9.74. The largest absolute Gasteiger partial charge is 0.465 e. The average molecular weight is 535 g/mol. The van der Waals surface area contributed by atoms with Gasteiger partial charge in [0.15, 0.2) is 0 Å². The van der Waals surface area contributed by atoms with E-state index in [-0.39, 0.29) is 38.0 Å². The number of benzene rings is 1. The maximum absolute atomic E-state index is 13.6. The summed E-state index contributed by atoms with van der Waals surface area (Å²) < 4.78 is 23.7. The van der Waals surface area contributed by atoms with Crippen LogP contribution in [0, 0.1) is 12.7 Å². The maximum Gasteiger partial charge on any atom is 0.325 e. The van der Waals surface area contributed by atoms with Crippen LogP contribution in [0.3, 0.4) is 0 Å². The number of carbonyl (C=O) groups excluding carboxylic acids is 3. The Labute approximate surface area is 221 Å². The van der Waals surface area contributed by atoms with E-state index in [2.05, 4.69) is 10.2 Å². The van der Waals surface area contributed by atoms with Crippen LogP contribution in [-0.4, -0.2) is 91.7 Å². The predicted octanol–water partition coefficient (Wildman–Crippen LogP) is 2.63. The van der Waals surface area contributed by atoms with Crippen molar-refractivity contribution in [1.29, 1.82) is 0 Å². The summed E-state index contributed by atoms with van der Waals surface area (Å²) in [5.41, 5.74) is 1.87. The lowest BCUT2D eigenvalue weighted by atomic mass is 10.2. The van der Waals surface area contributed by atoms with Gasteiger partial charge in [0.25, 0.3) is 0 Å². The number of carbonyl (C=O) groups is 3. The Balaban J connectivity index is 1.72. The first-order chi connectivity index (χ1) is 17.9. The second kappa shape index (κ2) is 14.7. The zero-order valence-electron chi connectivity index (χ0n) is 21.4. The van der Waals surface area contributed by atoms with Crippen LogP contribution in [0.2, 0.25) is 0 Å². The number of esters is 1. The number of thiophene rings is 1. The normalized spacial score (nSPS) is 13.7. The highest BCUT2D eigenvalue weighted by Crippen LogP contribution is 2.20. The van der Waals surface area contributed by atoms with Gasteiger partial charge in [-0.3, -0.25) is 14.5 Å². The second-order valence-electron chi connectivity index (χ2n) is 8.74. The van der Waals surface area contributed by atoms with Crippen molar-refractivity contribution in [2.24, 2.45) is 0 Å². The molecule has 1 aromatic heterocycles. The molecule has 1 aromatic carbocycles. The van der Waals surface area contributed by atoms with E-state index < -0.39 is 12.0 Å². The monoisotopic (exact) mass is 534 g/mol. The molecule has 0 bridgehead atoms. The molecule has 0 unspecified atom stereocenters. The fourth-order valence-corrected chi connectivity index (χ4v) is 4.78. The van der Waals surface area contributed by atoms with E-state index in [1.54, 1.807) is 35.3 Å². The Morgan fingerprint density at radius 3 is 2.49 bits per heavy atom. The smallest absolute Gasteiger partial charge is 0.325 e. The molecule has 0 aliphatic carbocycles. The molecule has 202 valence electrons. The number of nitrogens with zero attached hydrogens (tertiary/aromatic N) is 3. The van der Waals surface area contributed by atoms with Gasteiger partial charge in [-0.05, 0) is 48.6 Å². The number of amides is 3. The minimum atomic E-state index is -0.540. The fraction of sp³-hybridized carbons (Fsp3) is 0.500. The zero-order chi connectivity index (χ0) is 26.6. The number of hydrogen-bond acceptors (Lipinski definition) is 7. The van der Waals surface area contributed by atoms with Crippen LogP contribution in [0.1, 0.15) is 22.9 Å². The molecular weight excluding hydrogens is 499 g/mol. The van der Waals surface area contributed by atoms with E-state index in [4.69, 9.17) is 9.47 Å². The number of nitrogens with one attached hydrogen (secondary N) is 1. The van der Waals surface area contributed by atoms with Crippen LogP contribution >= 0.6 is 11.3 Å². The third kappa shape index (κ3) is 9.42. The number of halogens is 1. The zero-order valence-corrected chi connectivity index (χ0v) is 22.2. The van der Waals surface area contributed by atoms with Crippen LogP contribution in [0.15, 0.2) is 35.7 Å². The Kier molecular flexibility index (Phi) is 11.3. The number of morpholine rings is 1. The number of ether oxygens (including phenoxy) is 2. The first-order valence-corrected chi connectivity index (χ1v) is 13.3. The fourth-order valence-electron chi connectivity index (χ4n) is 3.86. The number of aryl methyl sites for hydroxylation is 1. The number of urea groups is 1. The van der Waals surface area contributed by atoms with Gasteiger partial charge in [-0.15, -0.1) is 11.3 Å². The Bertz CT molecular complexity index is 1030. The third-order valence-electron chi connectivity index (χ3n) is 6.03. The summed E-state index contributed by atoms with van der Waals surface area (Å²) in [6.45, 7) is 7.75. The van der Waals surface area contributed by atoms with Crippen LogP contribution in [0.25, 0.3) is 0 Å². The molecule has 1 fully saturated rings. The number of hydrogen-bond donors (Lipinski definition) is 1. The molecule has 0 saturated carbocycles. The molecule has 1 saturated heterocycles. The predicted molar refractivity (Wildman–Crippen MR) is 139 cm³/mol. The molecule has 2 aromatic rings. The van der Waals surface area contributed by atoms with Crippen molar-refractivity contribution in [1.82, 2.24) is 20.0 Å². The van der Waals surface area contributed by atoms with Crippen LogP contribution in [0.5, 0.6) is 0 Å². The summed E-state index contributed by atoms with van der Waals surface area (Å²) >= 11 is 1.56. The Hall–Kier alpha value is -3.02. The van der Waals surface area contributed by atoms with E-state index >= 15 is 0 Å². The summed E-state index contributed by atoms with van der Waals surface area (Å²) in [6, 6.07) is 7.53. The molecule has 9 nitrogen and oxygen atoms in total. The maximum atomic E-state index is 13.6. The molecule has 3 rings (SSSR count). The summed E-state index contributed by atoms with van der Waals surface area (Å²) in [5, 5.41) is 4.54. The molecule has 1 aliphatic heterocycles. The van der Waals surface area contributed by atoms with Gasteiger partial charge < -0.3 is 24.6 Å². The van der Waals surface area contributed by atoms with Crippen molar-refractivity contribution in [3.63, 3.8) is 0 Å². The standard InChI is InChI=1S/C26H35FN4O5S/c1-3-36-25(33)16-28-26(34)30(10-9-29-11-13-35-14-12-29)19-24(32)31(18-23-20(2)8-15-37-23)17-21-4-6-22(27)7-5-21/h4-8,15H,3,9-14,16-19H2,1-2H3,(H,28,34).